The van der Waals surface area contributed by atoms with Gasteiger partial charge in [-0.1, -0.05) is 31.2 Å². The zero-order valence-electron chi connectivity index (χ0n) is 18.7. The highest BCUT2D eigenvalue weighted by Gasteiger charge is 2.11. The molecule has 3 N–H and O–H groups in total. The lowest BCUT2D eigenvalue weighted by atomic mass is 10.1. The molecule has 34 heavy (non-hydrogen) atoms. The first-order valence-electron chi connectivity index (χ1n) is 11.2. The number of amides is 1. The van der Waals surface area contributed by atoms with Crippen LogP contribution in [0.5, 0.6) is 5.75 Å². The number of ether oxygens (including phenoxy) is 1. The van der Waals surface area contributed by atoms with Crippen molar-refractivity contribution in [1.82, 2.24) is 25.5 Å². The summed E-state index contributed by atoms with van der Waals surface area (Å²) in [6, 6.07) is 21.3. The molecule has 5 rings (SSSR count). The summed E-state index contributed by atoms with van der Waals surface area (Å²) in [5, 5.41) is 15.2. The summed E-state index contributed by atoms with van der Waals surface area (Å²) in [5.41, 5.74) is 3.49. The van der Waals surface area contributed by atoms with Crippen molar-refractivity contribution in [1.29, 1.82) is 0 Å². The number of para-hydroxylation sites is 1. The highest BCUT2D eigenvalue weighted by atomic mass is 16.5. The summed E-state index contributed by atoms with van der Waals surface area (Å²) in [6.45, 7) is 2.61. The Morgan fingerprint density at radius 2 is 1.94 bits per heavy atom. The van der Waals surface area contributed by atoms with Crippen LogP contribution in [0.15, 0.2) is 72.9 Å². The molecular formula is C26H24N6O2. The summed E-state index contributed by atoms with van der Waals surface area (Å²) < 4.78 is 5.68. The molecule has 1 amide bonds. The summed E-state index contributed by atoms with van der Waals surface area (Å²) in [4.78, 5) is 21.5. The first kappa shape index (κ1) is 21.4. The average Bonchev–Trinajstić information content (AvgIpc) is 3.34. The van der Waals surface area contributed by atoms with Crippen molar-refractivity contribution < 1.29 is 9.53 Å². The van der Waals surface area contributed by atoms with Crippen molar-refractivity contribution in [3.8, 4) is 17.1 Å². The molecule has 0 spiro atoms. The molecule has 8 heteroatoms. The first-order chi connectivity index (χ1) is 16.7. The van der Waals surface area contributed by atoms with E-state index < -0.39 is 0 Å². The molecule has 2 heterocycles. The van der Waals surface area contributed by atoms with Crippen LogP contribution < -0.4 is 15.4 Å². The fourth-order valence-electron chi connectivity index (χ4n) is 3.65. The van der Waals surface area contributed by atoms with Crippen LogP contribution in [0.4, 0.5) is 11.5 Å². The van der Waals surface area contributed by atoms with Crippen LogP contribution in [0.1, 0.15) is 13.3 Å². The number of benzene rings is 3. The van der Waals surface area contributed by atoms with E-state index in [0.717, 1.165) is 39.5 Å². The van der Waals surface area contributed by atoms with Gasteiger partial charge in [0.2, 0.25) is 0 Å². The fourth-order valence-corrected chi connectivity index (χ4v) is 3.65. The Morgan fingerprint density at radius 3 is 2.85 bits per heavy atom. The molecule has 0 fully saturated rings. The maximum absolute atomic E-state index is 11.9. The number of hydrogen-bond acceptors (Lipinski definition) is 6. The van der Waals surface area contributed by atoms with Gasteiger partial charge in [-0.2, -0.15) is 5.10 Å². The maximum atomic E-state index is 11.9. The van der Waals surface area contributed by atoms with Crippen LogP contribution in [0, 0.1) is 0 Å². The smallest absolute Gasteiger partial charge is 0.257 e. The standard InChI is InChI=1S/C26H24N6O2/c1-2-12-27-24(33)16-34-20-7-5-6-17(14-20)25-30-23-9-4-3-8-21(23)26(31-25)29-19-10-11-22-18(13-19)15-28-32-22/h3-11,13-15H,2,12,16H2,1H3,(H,27,33)(H,28,32)(H,29,30,31). The molecule has 170 valence electrons. The van der Waals surface area contributed by atoms with Gasteiger partial charge in [-0.15, -0.1) is 0 Å². The Kier molecular flexibility index (Phi) is 6.03. The van der Waals surface area contributed by atoms with E-state index in [-0.39, 0.29) is 12.5 Å². The molecule has 2 aromatic heterocycles. The molecule has 0 saturated carbocycles. The van der Waals surface area contributed by atoms with Crippen molar-refractivity contribution in [2.24, 2.45) is 0 Å². The van der Waals surface area contributed by atoms with E-state index in [0.29, 0.717) is 23.9 Å². The number of nitrogens with zero attached hydrogens (tertiary/aromatic N) is 3. The van der Waals surface area contributed by atoms with Gasteiger partial charge < -0.3 is 15.4 Å². The van der Waals surface area contributed by atoms with Gasteiger partial charge in [-0.05, 0) is 48.9 Å². The van der Waals surface area contributed by atoms with Crippen LogP contribution >= 0.6 is 0 Å². The third kappa shape index (κ3) is 4.66. The second kappa shape index (κ2) is 9.58. The quantitative estimate of drug-likeness (QED) is 0.312. The Bertz CT molecular complexity index is 1460. The van der Waals surface area contributed by atoms with Crippen LogP contribution in [-0.2, 0) is 4.79 Å². The summed E-state index contributed by atoms with van der Waals surface area (Å²) in [6.07, 6.45) is 2.67. The number of rotatable bonds is 8. The number of carbonyl (C=O) groups is 1. The Hall–Kier alpha value is -4.46. The monoisotopic (exact) mass is 452 g/mol. The molecule has 0 aliphatic rings. The van der Waals surface area contributed by atoms with E-state index in [1.54, 1.807) is 6.20 Å². The molecule has 0 saturated heterocycles. The molecule has 0 unspecified atom stereocenters. The number of hydrogen-bond donors (Lipinski definition) is 3. The number of aromatic amines is 1. The van der Waals surface area contributed by atoms with E-state index in [1.165, 1.54) is 0 Å². The summed E-state index contributed by atoms with van der Waals surface area (Å²) in [7, 11) is 0. The molecule has 8 nitrogen and oxygen atoms in total. The molecule has 0 aliphatic carbocycles. The van der Waals surface area contributed by atoms with Crippen LogP contribution in [0.25, 0.3) is 33.2 Å². The molecular weight excluding hydrogens is 428 g/mol. The number of fused-ring (bicyclic) bond motifs is 2. The second-order valence-corrected chi connectivity index (χ2v) is 7.88. The van der Waals surface area contributed by atoms with E-state index in [4.69, 9.17) is 14.7 Å². The lowest BCUT2D eigenvalue weighted by Gasteiger charge is -2.12. The normalized spacial score (nSPS) is 11.0. The average molecular weight is 453 g/mol. The first-order valence-corrected chi connectivity index (χ1v) is 11.2. The van der Waals surface area contributed by atoms with Crippen molar-refractivity contribution in [3.63, 3.8) is 0 Å². The molecule has 0 bridgehead atoms. The molecule has 0 radical (unpaired) electrons. The lowest BCUT2D eigenvalue weighted by Crippen LogP contribution is -2.29. The van der Waals surface area contributed by atoms with Crippen LogP contribution in [0.2, 0.25) is 0 Å². The summed E-state index contributed by atoms with van der Waals surface area (Å²) in [5.74, 6) is 1.70. The molecule has 5 aromatic rings. The fraction of sp³-hybridized carbons (Fsp3) is 0.154. The van der Waals surface area contributed by atoms with Crippen LogP contribution in [-0.4, -0.2) is 39.2 Å². The van der Waals surface area contributed by atoms with Gasteiger partial charge in [-0.3, -0.25) is 9.89 Å². The van der Waals surface area contributed by atoms with Crippen LogP contribution in [0.3, 0.4) is 0 Å². The summed E-state index contributed by atoms with van der Waals surface area (Å²) >= 11 is 0. The third-order valence-corrected chi connectivity index (χ3v) is 5.34. The van der Waals surface area contributed by atoms with Crippen molar-refractivity contribution >= 4 is 39.2 Å². The Labute approximate surface area is 196 Å². The SMILES string of the molecule is CCCNC(=O)COc1cccc(-c2nc(Nc3ccc4[nH]ncc4c3)c3ccccc3n2)c1. The van der Waals surface area contributed by atoms with Gasteiger partial charge in [0.05, 0.1) is 17.2 Å². The van der Waals surface area contributed by atoms with Gasteiger partial charge in [-0.25, -0.2) is 9.97 Å². The lowest BCUT2D eigenvalue weighted by molar-refractivity contribution is -0.123. The van der Waals surface area contributed by atoms with E-state index in [9.17, 15) is 4.79 Å². The highest BCUT2D eigenvalue weighted by molar-refractivity contribution is 5.93. The number of H-pyrrole nitrogens is 1. The molecule has 3 aromatic carbocycles. The minimum absolute atomic E-state index is 0.0364. The number of aromatic nitrogens is 4. The molecule has 0 aliphatic heterocycles. The van der Waals surface area contributed by atoms with Gasteiger partial charge in [0.1, 0.15) is 11.6 Å². The van der Waals surface area contributed by atoms with Crippen molar-refractivity contribution in [3.05, 3.63) is 72.9 Å². The second-order valence-electron chi connectivity index (χ2n) is 7.88. The number of anilines is 2. The third-order valence-electron chi connectivity index (χ3n) is 5.34. The van der Waals surface area contributed by atoms with Crippen molar-refractivity contribution in [2.45, 2.75) is 13.3 Å². The Balaban J connectivity index is 1.45. The topological polar surface area (TPSA) is 105 Å². The number of carbonyl (C=O) groups excluding carboxylic acids is 1. The largest absolute Gasteiger partial charge is 0.484 e. The Morgan fingerprint density at radius 1 is 1.03 bits per heavy atom. The van der Waals surface area contributed by atoms with Gasteiger partial charge in [0.15, 0.2) is 12.4 Å². The van der Waals surface area contributed by atoms with E-state index >= 15 is 0 Å². The predicted molar refractivity (Wildman–Crippen MR) is 133 cm³/mol. The number of nitrogens with one attached hydrogen (secondary N) is 3. The van der Waals surface area contributed by atoms with E-state index in [1.807, 2.05) is 73.7 Å². The minimum atomic E-state index is -0.143. The van der Waals surface area contributed by atoms with Gasteiger partial charge in [0, 0.05) is 28.6 Å². The predicted octanol–water partition coefficient (Wildman–Crippen LogP) is 4.82. The van der Waals surface area contributed by atoms with Gasteiger partial charge in [0.25, 0.3) is 5.91 Å². The van der Waals surface area contributed by atoms with Gasteiger partial charge >= 0.3 is 0 Å². The minimum Gasteiger partial charge on any atom is -0.484 e. The highest BCUT2D eigenvalue weighted by Crippen LogP contribution is 2.29. The maximum Gasteiger partial charge on any atom is 0.257 e. The molecule has 0 atom stereocenters. The zero-order chi connectivity index (χ0) is 23.3. The zero-order valence-corrected chi connectivity index (χ0v) is 18.7. The van der Waals surface area contributed by atoms with Crippen molar-refractivity contribution in [2.75, 3.05) is 18.5 Å². The van der Waals surface area contributed by atoms with E-state index in [2.05, 4.69) is 20.8 Å².